The van der Waals surface area contributed by atoms with E-state index in [9.17, 15) is 38.7 Å². The molecule has 0 saturated heterocycles. The fourth-order valence-corrected chi connectivity index (χ4v) is 0.575. The van der Waals surface area contributed by atoms with Crippen molar-refractivity contribution in [2.24, 2.45) is 0 Å². The Bertz CT molecular complexity index is 172. The molecule has 0 unspecified atom stereocenters. The van der Waals surface area contributed by atoms with Gasteiger partial charge in [0, 0.05) is 0 Å². The minimum absolute atomic E-state index is 6.93. The second kappa shape index (κ2) is 2.18. The molecule has 10 heteroatoms. The van der Waals surface area contributed by atoms with E-state index in [0.29, 0.717) is 0 Å². The molecule has 12 heavy (non-hydrogen) atoms. The number of alkyl halides is 5. The van der Waals surface area contributed by atoms with Gasteiger partial charge in [-0.2, -0.15) is 0 Å². The molecule has 0 aliphatic rings. The van der Waals surface area contributed by atoms with Gasteiger partial charge < -0.3 is 0 Å². The summed E-state index contributed by atoms with van der Waals surface area (Å²) in [6.07, 6.45) is -6.93. The van der Waals surface area contributed by atoms with E-state index in [4.69, 9.17) is 0 Å². The van der Waals surface area contributed by atoms with Crippen LogP contribution in [0.4, 0.5) is 38.7 Å². The summed E-state index contributed by atoms with van der Waals surface area (Å²) in [5, 5.41) is 0. The average Bonchev–Trinajstić information content (AvgIpc) is 1.55. The van der Waals surface area contributed by atoms with E-state index in [2.05, 4.69) is 0 Å². The third kappa shape index (κ3) is 1.75. The molecule has 0 heterocycles. The molecular formula is C2F9P. The van der Waals surface area contributed by atoms with Crippen LogP contribution in [-0.2, 0) is 0 Å². The Labute approximate surface area is 59.8 Å². The topological polar surface area (TPSA) is 0 Å². The van der Waals surface area contributed by atoms with E-state index >= 15 is 0 Å². The molecule has 0 atom stereocenters. The van der Waals surface area contributed by atoms with E-state index in [1.54, 1.807) is 0 Å². The van der Waals surface area contributed by atoms with Gasteiger partial charge >= 0.3 is 58.4 Å². The second-order valence-electron chi connectivity index (χ2n) is 1.76. The summed E-state index contributed by atoms with van der Waals surface area (Å²) in [6.45, 7) is 0. The van der Waals surface area contributed by atoms with E-state index in [1.807, 2.05) is 0 Å². The first-order chi connectivity index (χ1) is 4.76. The third-order valence-corrected chi connectivity index (χ3v) is 1.87. The fourth-order valence-electron chi connectivity index (χ4n) is 0.192. The summed E-state index contributed by atoms with van der Waals surface area (Å²) in [5.74, 6) is 0. The summed E-state index contributed by atoms with van der Waals surface area (Å²) in [4.78, 5) is 0. The fraction of sp³-hybridized carbons (Fsp3) is 1.00. The Kier molecular flexibility index (Phi) is 2.15. The number of hydrogen-bond acceptors (Lipinski definition) is 0. The molecule has 76 valence electrons. The van der Waals surface area contributed by atoms with Crippen molar-refractivity contribution < 1.29 is 38.7 Å². The van der Waals surface area contributed by atoms with Crippen molar-refractivity contribution in [3.63, 3.8) is 0 Å². The van der Waals surface area contributed by atoms with Crippen molar-refractivity contribution in [3.05, 3.63) is 0 Å². The van der Waals surface area contributed by atoms with E-state index in [-0.39, 0.29) is 0 Å². The van der Waals surface area contributed by atoms with Gasteiger partial charge in [-0.05, 0) is 0 Å². The van der Waals surface area contributed by atoms with Crippen LogP contribution in [0.2, 0.25) is 0 Å². The van der Waals surface area contributed by atoms with Gasteiger partial charge in [-0.3, -0.25) is 0 Å². The van der Waals surface area contributed by atoms with Crippen LogP contribution in [0.3, 0.4) is 0 Å². The van der Waals surface area contributed by atoms with Gasteiger partial charge in [-0.25, -0.2) is 0 Å². The molecule has 0 amide bonds. The van der Waals surface area contributed by atoms with Gasteiger partial charge in [0.2, 0.25) is 0 Å². The minimum atomic E-state index is -9.94. The zero-order valence-electron chi connectivity index (χ0n) is 4.85. The number of halogens is 9. The van der Waals surface area contributed by atoms with Gasteiger partial charge in [0.15, 0.2) is 0 Å². The molecule has 0 radical (unpaired) electrons. The van der Waals surface area contributed by atoms with E-state index in [0.717, 1.165) is 0 Å². The van der Waals surface area contributed by atoms with Crippen molar-refractivity contribution in [1.82, 2.24) is 0 Å². The van der Waals surface area contributed by atoms with Gasteiger partial charge in [-0.15, -0.1) is 0 Å². The SMILES string of the molecule is FC(F)(F)C(F)(F)P(F)(F)(F)F. The van der Waals surface area contributed by atoms with Crippen LogP contribution >= 0.6 is 7.85 Å². The van der Waals surface area contributed by atoms with Crippen LogP contribution in [0.15, 0.2) is 0 Å². The predicted molar refractivity (Wildman–Crippen MR) is 22.4 cm³/mol. The molecule has 0 aromatic heterocycles. The molecule has 0 rings (SSSR count). The Morgan fingerprint density at radius 1 is 0.667 bits per heavy atom. The van der Waals surface area contributed by atoms with Crippen molar-refractivity contribution in [1.29, 1.82) is 0 Å². The maximum atomic E-state index is 11.3. The first-order valence-electron chi connectivity index (χ1n) is 2.09. The summed E-state index contributed by atoms with van der Waals surface area (Å²) >= 11 is 0. The second-order valence-corrected chi connectivity index (χ2v) is 3.76. The zero-order valence-corrected chi connectivity index (χ0v) is 5.74. The molecule has 0 aliphatic carbocycles. The molecule has 0 bridgehead atoms. The molecule has 0 nitrogen and oxygen atoms in total. The monoisotopic (exact) mass is 226 g/mol. The molecule has 0 aromatic carbocycles. The molecule has 0 spiro atoms. The average molecular weight is 226 g/mol. The van der Waals surface area contributed by atoms with Crippen molar-refractivity contribution in [2.45, 2.75) is 11.8 Å². The van der Waals surface area contributed by atoms with Gasteiger partial charge in [-0.1, -0.05) is 0 Å². The Morgan fingerprint density at radius 3 is 0.917 bits per heavy atom. The van der Waals surface area contributed by atoms with Crippen LogP contribution in [0, 0.1) is 0 Å². The number of rotatable bonds is 1. The Balaban J connectivity index is 5.15. The summed E-state index contributed by atoms with van der Waals surface area (Å²) < 4.78 is 99.2. The van der Waals surface area contributed by atoms with Gasteiger partial charge in [0.25, 0.3) is 0 Å². The molecule has 0 saturated carbocycles. The summed E-state index contributed by atoms with van der Waals surface area (Å²) in [7, 11) is -9.94. The van der Waals surface area contributed by atoms with Crippen LogP contribution in [0.1, 0.15) is 0 Å². The van der Waals surface area contributed by atoms with E-state index in [1.165, 1.54) is 0 Å². The van der Waals surface area contributed by atoms with Crippen LogP contribution in [0.25, 0.3) is 0 Å². The quantitative estimate of drug-likeness (QED) is 0.463. The molecule has 0 aromatic rings. The first-order valence-corrected chi connectivity index (χ1v) is 3.89. The van der Waals surface area contributed by atoms with Crippen LogP contribution < -0.4 is 0 Å². The van der Waals surface area contributed by atoms with Crippen molar-refractivity contribution in [3.8, 4) is 0 Å². The predicted octanol–water partition coefficient (Wildman–Crippen LogP) is 4.23. The standard InChI is InChI=1S/C2F9P/c3-1(4,5)2(6,7)12(8,9,10)11. The van der Waals surface area contributed by atoms with Gasteiger partial charge in [0.1, 0.15) is 0 Å². The van der Waals surface area contributed by atoms with Crippen LogP contribution in [0.5, 0.6) is 0 Å². The van der Waals surface area contributed by atoms with E-state index < -0.39 is 19.7 Å². The molecule has 0 N–H and O–H groups in total. The maximum absolute atomic E-state index is 11.3. The zero-order chi connectivity index (χ0) is 10.4. The van der Waals surface area contributed by atoms with Crippen LogP contribution in [-0.4, -0.2) is 11.8 Å². The molecular weight excluding hydrogens is 226 g/mol. The molecule has 0 fully saturated rings. The molecule has 0 aliphatic heterocycles. The Hall–Kier alpha value is -0.200. The number of hydrogen-bond donors (Lipinski definition) is 0. The first kappa shape index (κ1) is 11.8. The van der Waals surface area contributed by atoms with Gasteiger partial charge in [0.05, 0.1) is 0 Å². The Morgan fingerprint density at radius 2 is 0.917 bits per heavy atom. The normalized spacial score (nSPS) is 18.6. The summed E-state index contributed by atoms with van der Waals surface area (Å²) in [6, 6.07) is 0. The van der Waals surface area contributed by atoms with Crippen molar-refractivity contribution >= 4 is 7.85 Å². The summed E-state index contributed by atoms with van der Waals surface area (Å²) in [5.41, 5.74) is -7.22. The van der Waals surface area contributed by atoms with Crippen molar-refractivity contribution in [2.75, 3.05) is 0 Å². The third-order valence-electron chi connectivity index (χ3n) is 0.766.